The molecule has 0 spiro atoms. The van der Waals surface area contributed by atoms with E-state index in [-0.39, 0.29) is 11.9 Å². The summed E-state index contributed by atoms with van der Waals surface area (Å²) in [6, 6.07) is 0.118. The van der Waals surface area contributed by atoms with Gasteiger partial charge in [-0.1, -0.05) is 19.3 Å². The minimum atomic E-state index is -0.811. The molecule has 6 nitrogen and oxygen atoms in total. The van der Waals surface area contributed by atoms with Crippen LogP contribution in [0.2, 0.25) is 0 Å². The maximum Gasteiger partial charge on any atom is 0.308 e. The van der Waals surface area contributed by atoms with E-state index in [2.05, 4.69) is 5.10 Å². The second-order valence-electron chi connectivity index (χ2n) is 7.21. The molecule has 1 aromatic heterocycles. The Morgan fingerprint density at radius 2 is 1.88 bits per heavy atom. The predicted molar refractivity (Wildman–Crippen MR) is 89.9 cm³/mol. The molecule has 1 N–H and O–H groups in total. The average Bonchev–Trinajstić information content (AvgIpc) is 2.96. The van der Waals surface area contributed by atoms with Crippen LogP contribution in [0.25, 0.3) is 0 Å². The number of likely N-dealkylation sites (tertiary alicyclic amines) is 1. The molecule has 1 aliphatic carbocycles. The molecule has 1 amide bonds. The van der Waals surface area contributed by atoms with Crippen molar-refractivity contribution in [1.29, 1.82) is 0 Å². The zero-order chi connectivity index (χ0) is 17.3. The van der Waals surface area contributed by atoms with Gasteiger partial charge in [0.2, 0.25) is 0 Å². The van der Waals surface area contributed by atoms with Gasteiger partial charge in [-0.25, -0.2) is 0 Å². The van der Waals surface area contributed by atoms with Crippen LogP contribution in [0.1, 0.15) is 74.0 Å². The number of carboxylic acids is 1. The van der Waals surface area contributed by atoms with Crippen LogP contribution < -0.4 is 0 Å². The van der Waals surface area contributed by atoms with E-state index in [0.29, 0.717) is 24.6 Å². The third kappa shape index (κ3) is 3.06. The predicted octanol–water partition coefficient (Wildman–Crippen LogP) is 3.02. The maximum atomic E-state index is 13.0. The highest BCUT2D eigenvalue weighted by Gasteiger charge is 2.36. The highest BCUT2D eigenvalue weighted by atomic mass is 16.4. The van der Waals surface area contributed by atoms with Crippen molar-refractivity contribution in [2.24, 2.45) is 5.92 Å². The number of aromatic nitrogens is 2. The highest BCUT2D eigenvalue weighted by Crippen LogP contribution is 2.30. The van der Waals surface area contributed by atoms with Crippen LogP contribution >= 0.6 is 0 Å². The van der Waals surface area contributed by atoms with Crippen molar-refractivity contribution < 1.29 is 14.7 Å². The lowest BCUT2D eigenvalue weighted by atomic mass is 9.90. The van der Waals surface area contributed by atoms with E-state index in [0.717, 1.165) is 25.0 Å². The highest BCUT2D eigenvalue weighted by molar-refractivity contribution is 5.95. The number of carboxylic acid groups (broad SMARTS) is 1. The Balaban J connectivity index is 1.80. The molecular weight excluding hydrogens is 306 g/mol. The van der Waals surface area contributed by atoms with Crippen molar-refractivity contribution in [3.05, 3.63) is 17.5 Å². The standard InChI is InChI=1S/C18H27N3O3/c1-12-15(18(23)24)9-6-10-20(12)17(22)16-11-19-21(13(16)2)14-7-4-3-5-8-14/h11-12,14-15H,3-10H2,1-2H3,(H,23,24)/t12-,15-/m1/s1. The number of carbonyl (C=O) groups excluding carboxylic acids is 1. The Labute approximate surface area is 142 Å². The lowest BCUT2D eigenvalue weighted by molar-refractivity contribution is -0.144. The second-order valence-corrected chi connectivity index (χ2v) is 7.21. The first-order chi connectivity index (χ1) is 11.5. The molecular formula is C18H27N3O3. The molecule has 2 fully saturated rings. The summed E-state index contributed by atoms with van der Waals surface area (Å²) in [4.78, 5) is 26.1. The summed E-state index contributed by atoms with van der Waals surface area (Å²) in [6.45, 7) is 4.42. The van der Waals surface area contributed by atoms with Crippen LogP contribution in [0, 0.1) is 12.8 Å². The van der Waals surface area contributed by atoms with E-state index < -0.39 is 11.9 Å². The Kier molecular flexibility index (Phi) is 4.92. The normalized spacial score (nSPS) is 25.7. The van der Waals surface area contributed by atoms with Gasteiger partial charge >= 0.3 is 5.97 Å². The van der Waals surface area contributed by atoms with Crippen molar-refractivity contribution in [3.8, 4) is 0 Å². The number of amides is 1. The van der Waals surface area contributed by atoms with E-state index in [9.17, 15) is 14.7 Å². The summed E-state index contributed by atoms with van der Waals surface area (Å²) in [6.07, 6.45) is 9.01. The van der Waals surface area contributed by atoms with Gasteiger partial charge in [0.1, 0.15) is 0 Å². The molecule has 1 aromatic rings. The van der Waals surface area contributed by atoms with Crippen molar-refractivity contribution in [2.75, 3.05) is 6.54 Å². The number of carbonyl (C=O) groups is 2. The zero-order valence-corrected chi connectivity index (χ0v) is 14.6. The van der Waals surface area contributed by atoms with E-state index in [4.69, 9.17) is 0 Å². The fourth-order valence-corrected chi connectivity index (χ4v) is 4.24. The largest absolute Gasteiger partial charge is 0.481 e. The first-order valence-corrected chi connectivity index (χ1v) is 9.08. The van der Waals surface area contributed by atoms with Gasteiger partial charge in [0.25, 0.3) is 5.91 Å². The average molecular weight is 333 g/mol. The van der Waals surface area contributed by atoms with Crippen molar-refractivity contribution in [3.63, 3.8) is 0 Å². The van der Waals surface area contributed by atoms with Gasteiger partial charge in [0.15, 0.2) is 0 Å². The minimum Gasteiger partial charge on any atom is -0.481 e. The summed E-state index contributed by atoms with van der Waals surface area (Å²) in [5.41, 5.74) is 1.54. The van der Waals surface area contributed by atoms with E-state index >= 15 is 0 Å². The summed E-state index contributed by atoms with van der Waals surface area (Å²) < 4.78 is 2.01. The van der Waals surface area contributed by atoms with Crippen LogP contribution in [0.5, 0.6) is 0 Å². The molecule has 1 aliphatic heterocycles. The summed E-state index contributed by atoms with van der Waals surface area (Å²) in [7, 11) is 0. The molecule has 6 heteroatoms. The molecule has 0 bridgehead atoms. The molecule has 2 aliphatic rings. The number of hydrogen-bond donors (Lipinski definition) is 1. The quantitative estimate of drug-likeness (QED) is 0.922. The number of piperidine rings is 1. The summed E-state index contributed by atoms with van der Waals surface area (Å²) in [5.74, 6) is -1.36. The van der Waals surface area contributed by atoms with Gasteiger partial charge in [-0.2, -0.15) is 5.10 Å². The molecule has 1 saturated heterocycles. The third-order valence-electron chi connectivity index (χ3n) is 5.76. The molecule has 0 aromatic carbocycles. The number of rotatable bonds is 3. The lowest BCUT2D eigenvalue weighted by Gasteiger charge is -2.37. The minimum absolute atomic E-state index is 0.0759. The SMILES string of the molecule is Cc1c(C(=O)N2CCC[C@@H](C(=O)O)[C@H]2C)cnn1C1CCCCC1. The van der Waals surface area contributed by atoms with Crippen LogP contribution in [0.15, 0.2) is 6.20 Å². The molecule has 0 unspecified atom stereocenters. The molecule has 2 heterocycles. The van der Waals surface area contributed by atoms with Gasteiger partial charge in [-0.15, -0.1) is 0 Å². The number of hydrogen-bond acceptors (Lipinski definition) is 3. The summed E-state index contributed by atoms with van der Waals surface area (Å²) >= 11 is 0. The van der Waals surface area contributed by atoms with Gasteiger partial charge in [-0.05, 0) is 39.5 Å². The monoisotopic (exact) mass is 333 g/mol. The Morgan fingerprint density at radius 1 is 1.17 bits per heavy atom. The summed E-state index contributed by atoms with van der Waals surface area (Å²) in [5, 5.41) is 13.8. The zero-order valence-electron chi connectivity index (χ0n) is 14.6. The van der Waals surface area contributed by atoms with Crippen molar-refractivity contribution >= 4 is 11.9 Å². The maximum absolute atomic E-state index is 13.0. The Hall–Kier alpha value is -1.85. The Bertz CT molecular complexity index is 619. The molecule has 3 rings (SSSR count). The third-order valence-corrected chi connectivity index (χ3v) is 5.76. The van der Waals surface area contributed by atoms with Crippen LogP contribution in [0.4, 0.5) is 0 Å². The van der Waals surface area contributed by atoms with E-state index in [1.54, 1.807) is 11.1 Å². The van der Waals surface area contributed by atoms with E-state index in [1.165, 1.54) is 19.3 Å². The molecule has 0 radical (unpaired) electrons. The van der Waals surface area contributed by atoms with Crippen LogP contribution in [-0.4, -0.2) is 44.3 Å². The smallest absolute Gasteiger partial charge is 0.308 e. The first kappa shape index (κ1) is 17.0. The van der Waals surface area contributed by atoms with Gasteiger partial charge in [0, 0.05) is 18.3 Å². The first-order valence-electron chi connectivity index (χ1n) is 9.08. The molecule has 24 heavy (non-hydrogen) atoms. The molecule has 1 saturated carbocycles. The van der Waals surface area contributed by atoms with Crippen LogP contribution in [0.3, 0.4) is 0 Å². The van der Waals surface area contributed by atoms with Gasteiger partial charge in [-0.3, -0.25) is 14.3 Å². The number of aliphatic carboxylic acids is 1. The topological polar surface area (TPSA) is 75.4 Å². The van der Waals surface area contributed by atoms with Crippen molar-refractivity contribution in [2.45, 2.75) is 70.9 Å². The molecule has 132 valence electrons. The lowest BCUT2D eigenvalue weighted by Crippen LogP contribution is -2.49. The van der Waals surface area contributed by atoms with Crippen molar-refractivity contribution in [1.82, 2.24) is 14.7 Å². The molecule has 2 atom stereocenters. The Morgan fingerprint density at radius 3 is 2.54 bits per heavy atom. The fraction of sp³-hybridized carbons (Fsp3) is 0.722. The van der Waals surface area contributed by atoms with Gasteiger partial charge in [0.05, 0.1) is 23.7 Å². The number of nitrogens with zero attached hydrogens (tertiary/aromatic N) is 3. The second kappa shape index (κ2) is 6.95. The van der Waals surface area contributed by atoms with Gasteiger partial charge < -0.3 is 10.0 Å². The fourth-order valence-electron chi connectivity index (χ4n) is 4.24. The van der Waals surface area contributed by atoms with Crippen LogP contribution in [-0.2, 0) is 4.79 Å². The van der Waals surface area contributed by atoms with E-state index in [1.807, 2.05) is 18.5 Å².